The molecule has 2 aromatic rings. The second kappa shape index (κ2) is 7.82. The van der Waals surface area contributed by atoms with Crippen molar-refractivity contribution in [2.45, 2.75) is 26.3 Å². The molecule has 0 saturated carbocycles. The third kappa shape index (κ3) is 4.92. The third-order valence-electron chi connectivity index (χ3n) is 3.45. The van der Waals surface area contributed by atoms with Crippen LogP contribution in [0, 0.1) is 0 Å². The summed E-state index contributed by atoms with van der Waals surface area (Å²) in [5.41, 5.74) is 0.920. The van der Waals surface area contributed by atoms with Gasteiger partial charge in [-0.1, -0.05) is 18.2 Å². The first-order valence-corrected chi connectivity index (χ1v) is 8.12. The summed E-state index contributed by atoms with van der Waals surface area (Å²) in [7, 11) is 1.28. The van der Waals surface area contributed by atoms with Gasteiger partial charge in [-0.2, -0.15) is 0 Å². The lowest BCUT2D eigenvalue weighted by molar-refractivity contribution is 0.0600. The molecule has 0 atom stereocenters. The number of benzene rings is 2. The van der Waals surface area contributed by atoms with Gasteiger partial charge in [0.1, 0.15) is 0 Å². The Balaban J connectivity index is 2.25. The van der Waals surface area contributed by atoms with E-state index in [2.05, 4.69) is 15.4 Å². The maximum atomic E-state index is 12.5. The quantitative estimate of drug-likeness (QED) is 0.826. The van der Waals surface area contributed by atoms with Crippen molar-refractivity contribution in [3.05, 3.63) is 65.2 Å². The van der Waals surface area contributed by atoms with E-state index in [4.69, 9.17) is 0 Å². The highest BCUT2D eigenvalue weighted by Gasteiger charge is 2.19. The number of nitrogens with one attached hydrogen (secondary N) is 2. The van der Waals surface area contributed by atoms with Gasteiger partial charge in [-0.3, -0.25) is 9.59 Å². The number of para-hydroxylation sites is 1. The first-order valence-electron chi connectivity index (χ1n) is 8.12. The molecule has 6 heteroatoms. The van der Waals surface area contributed by atoms with E-state index in [1.807, 2.05) is 20.8 Å². The monoisotopic (exact) mass is 354 g/mol. The van der Waals surface area contributed by atoms with Crippen molar-refractivity contribution in [2.24, 2.45) is 0 Å². The smallest absolute Gasteiger partial charge is 0.337 e. The number of anilines is 1. The van der Waals surface area contributed by atoms with Gasteiger partial charge in [0.25, 0.3) is 11.8 Å². The van der Waals surface area contributed by atoms with Crippen molar-refractivity contribution in [2.75, 3.05) is 12.4 Å². The number of esters is 1. The molecule has 0 aliphatic rings. The lowest BCUT2D eigenvalue weighted by Crippen LogP contribution is -2.40. The van der Waals surface area contributed by atoms with E-state index in [0.29, 0.717) is 16.8 Å². The fourth-order valence-electron chi connectivity index (χ4n) is 2.30. The number of hydrogen-bond donors (Lipinski definition) is 2. The lowest BCUT2D eigenvalue weighted by atomic mass is 10.1. The molecule has 0 spiro atoms. The van der Waals surface area contributed by atoms with Crippen LogP contribution in [-0.2, 0) is 4.74 Å². The van der Waals surface area contributed by atoms with Crippen molar-refractivity contribution in [3.8, 4) is 0 Å². The van der Waals surface area contributed by atoms with Crippen LogP contribution in [0.3, 0.4) is 0 Å². The molecule has 0 saturated heterocycles. The Hall–Kier alpha value is -3.15. The fourth-order valence-corrected chi connectivity index (χ4v) is 2.30. The van der Waals surface area contributed by atoms with Gasteiger partial charge in [0, 0.05) is 11.1 Å². The van der Waals surface area contributed by atoms with Gasteiger partial charge in [0.15, 0.2) is 0 Å². The number of rotatable bonds is 4. The van der Waals surface area contributed by atoms with Gasteiger partial charge in [-0.25, -0.2) is 4.79 Å². The topological polar surface area (TPSA) is 84.5 Å². The molecule has 26 heavy (non-hydrogen) atoms. The van der Waals surface area contributed by atoms with E-state index in [0.717, 1.165) is 0 Å². The minimum atomic E-state index is -0.524. The van der Waals surface area contributed by atoms with E-state index in [9.17, 15) is 14.4 Å². The third-order valence-corrected chi connectivity index (χ3v) is 3.45. The Morgan fingerprint density at radius 2 is 1.54 bits per heavy atom. The zero-order valence-electron chi connectivity index (χ0n) is 15.3. The molecule has 2 rings (SSSR count). The van der Waals surface area contributed by atoms with Gasteiger partial charge in [-0.15, -0.1) is 0 Å². The molecule has 0 aliphatic heterocycles. The average molecular weight is 354 g/mol. The van der Waals surface area contributed by atoms with E-state index in [-0.39, 0.29) is 11.5 Å². The Labute approximate surface area is 152 Å². The summed E-state index contributed by atoms with van der Waals surface area (Å²) in [4.78, 5) is 36.6. The first-order chi connectivity index (χ1) is 12.2. The number of amides is 2. The van der Waals surface area contributed by atoms with E-state index in [1.54, 1.807) is 42.5 Å². The predicted octanol–water partition coefficient (Wildman–Crippen LogP) is 3.25. The van der Waals surface area contributed by atoms with E-state index >= 15 is 0 Å². The zero-order chi connectivity index (χ0) is 19.3. The number of hydrogen-bond acceptors (Lipinski definition) is 4. The molecule has 0 bridgehead atoms. The SMILES string of the molecule is COC(=O)c1cccc(C(=O)Nc2ccccc2C(=O)NC(C)(C)C)c1. The average Bonchev–Trinajstić information content (AvgIpc) is 2.60. The molecule has 0 aromatic heterocycles. The Kier molecular flexibility index (Phi) is 5.77. The first kappa shape index (κ1) is 19.2. The molecule has 0 fully saturated rings. The summed E-state index contributed by atoms with van der Waals surface area (Å²) in [6, 6.07) is 12.9. The standard InChI is InChI=1S/C20H22N2O4/c1-20(2,3)22-18(24)15-10-5-6-11-16(15)21-17(23)13-8-7-9-14(12-13)19(25)26-4/h5-12H,1-4H3,(H,21,23)(H,22,24). The van der Waals surface area contributed by atoms with Gasteiger partial charge in [0.2, 0.25) is 0 Å². The van der Waals surface area contributed by atoms with Crippen LogP contribution in [0.4, 0.5) is 5.69 Å². The predicted molar refractivity (Wildman–Crippen MR) is 99.4 cm³/mol. The highest BCUT2D eigenvalue weighted by atomic mass is 16.5. The van der Waals surface area contributed by atoms with Crippen LogP contribution in [0.2, 0.25) is 0 Å². The maximum absolute atomic E-state index is 12.5. The second-order valence-corrected chi connectivity index (χ2v) is 6.78. The van der Waals surface area contributed by atoms with Crippen LogP contribution >= 0.6 is 0 Å². The van der Waals surface area contributed by atoms with Crippen molar-refractivity contribution >= 4 is 23.5 Å². The molecular weight excluding hydrogens is 332 g/mol. The van der Waals surface area contributed by atoms with Gasteiger partial charge in [0.05, 0.1) is 23.9 Å². The lowest BCUT2D eigenvalue weighted by Gasteiger charge is -2.21. The van der Waals surface area contributed by atoms with Crippen LogP contribution in [0.1, 0.15) is 51.8 Å². The van der Waals surface area contributed by atoms with Crippen LogP contribution in [-0.4, -0.2) is 30.4 Å². The Morgan fingerprint density at radius 1 is 0.885 bits per heavy atom. The van der Waals surface area contributed by atoms with Crippen LogP contribution < -0.4 is 10.6 Å². The van der Waals surface area contributed by atoms with Crippen molar-refractivity contribution in [1.82, 2.24) is 5.32 Å². The number of methoxy groups -OCH3 is 1. The molecule has 2 aromatic carbocycles. The highest BCUT2D eigenvalue weighted by molar-refractivity contribution is 6.09. The summed E-state index contributed by atoms with van der Waals surface area (Å²) in [5, 5.41) is 5.59. The largest absolute Gasteiger partial charge is 0.465 e. The second-order valence-electron chi connectivity index (χ2n) is 6.78. The Bertz CT molecular complexity index is 838. The number of carbonyl (C=O) groups excluding carboxylic acids is 3. The molecule has 0 radical (unpaired) electrons. The molecule has 2 N–H and O–H groups in total. The fraction of sp³-hybridized carbons (Fsp3) is 0.250. The summed E-state index contributed by atoms with van der Waals surface area (Å²) < 4.78 is 4.66. The van der Waals surface area contributed by atoms with Gasteiger partial charge >= 0.3 is 5.97 Å². The normalized spacial score (nSPS) is 10.8. The van der Waals surface area contributed by atoms with Gasteiger partial charge < -0.3 is 15.4 Å². The number of ether oxygens (including phenoxy) is 1. The van der Waals surface area contributed by atoms with Crippen LogP contribution in [0.25, 0.3) is 0 Å². The van der Waals surface area contributed by atoms with Gasteiger partial charge in [-0.05, 0) is 51.1 Å². The summed E-state index contributed by atoms with van der Waals surface area (Å²) in [5.74, 6) is -1.23. The number of carbonyl (C=O) groups is 3. The van der Waals surface area contributed by atoms with E-state index < -0.39 is 17.4 Å². The minimum Gasteiger partial charge on any atom is -0.465 e. The summed E-state index contributed by atoms with van der Waals surface area (Å²) >= 11 is 0. The zero-order valence-corrected chi connectivity index (χ0v) is 15.3. The highest BCUT2D eigenvalue weighted by Crippen LogP contribution is 2.18. The Morgan fingerprint density at radius 3 is 2.19 bits per heavy atom. The molecule has 136 valence electrons. The molecular formula is C20H22N2O4. The van der Waals surface area contributed by atoms with Crippen molar-refractivity contribution < 1.29 is 19.1 Å². The maximum Gasteiger partial charge on any atom is 0.337 e. The van der Waals surface area contributed by atoms with Crippen molar-refractivity contribution in [1.29, 1.82) is 0 Å². The molecule has 0 aliphatic carbocycles. The summed E-state index contributed by atoms with van der Waals surface area (Å²) in [6.45, 7) is 5.64. The van der Waals surface area contributed by atoms with E-state index in [1.165, 1.54) is 13.2 Å². The molecule has 6 nitrogen and oxygen atoms in total. The molecule has 0 heterocycles. The molecule has 0 unspecified atom stereocenters. The summed E-state index contributed by atoms with van der Waals surface area (Å²) in [6.07, 6.45) is 0. The van der Waals surface area contributed by atoms with Crippen LogP contribution in [0.5, 0.6) is 0 Å². The minimum absolute atomic E-state index is 0.277. The van der Waals surface area contributed by atoms with Crippen molar-refractivity contribution in [3.63, 3.8) is 0 Å². The van der Waals surface area contributed by atoms with Crippen LogP contribution in [0.15, 0.2) is 48.5 Å². The molecule has 2 amide bonds.